The number of aromatic carboxylic acids is 1. The van der Waals surface area contributed by atoms with Crippen LogP contribution >= 0.6 is 0 Å². The number of aromatic hydroxyl groups is 1. The summed E-state index contributed by atoms with van der Waals surface area (Å²) < 4.78 is 0. The van der Waals surface area contributed by atoms with E-state index in [1.165, 1.54) is 12.1 Å². The van der Waals surface area contributed by atoms with Gasteiger partial charge in [-0.05, 0) is 12.1 Å². The molecule has 0 unspecified atom stereocenters. The maximum Gasteiger partial charge on any atom is 0.339 e. The molecule has 0 saturated heterocycles. The molecule has 96 valence electrons. The fraction of sp³-hybridized carbons (Fsp3) is 0.462. The van der Waals surface area contributed by atoms with E-state index in [-0.39, 0.29) is 11.3 Å². The summed E-state index contributed by atoms with van der Waals surface area (Å²) in [5.74, 6) is -1.31. The van der Waals surface area contributed by atoms with Gasteiger partial charge in [0.25, 0.3) is 0 Å². The first kappa shape index (κ1) is 15.4. The van der Waals surface area contributed by atoms with Crippen LogP contribution in [0.3, 0.4) is 0 Å². The van der Waals surface area contributed by atoms with Crippen LogP contribution < -0.4 is 5.32 Å². The van der Waals surface area contributed by atoms with Crippen molar-refractivity contribution < 1.29 is 15.0 Å². The second-order valence-corrected chi connectivity index (χ2v) is 4.30. The van der Waals surface area contributed by atoms with Crippen LogP contribution in [0.5, 0.6) is 5.75 Å². The van der Waals surface area contributed by atoms with Gasteiger partial charge in [0.1, 0.15) is 11.3 Å². The van der Waals surface area contributed by atoms with Gasteiger partial charge in [0.15, 0.2) is 0 Å². The van der Waals surface area contributed by atoms with Crippen LogP contribution in [0, 0.1) is 0 Å². The first-order valence-electron chi connectivity index (χ1n) is 5.62. The van der Waals surface area contributed by atoms with Gasteiger partial charge in [0.05, 0.1) is 0 Å². The Kier molecular flexibility index (Phi) is 6.98. The first-order chi connectivity index (χ1) is 7.84. The Morgan fingerprint density at radius 3 is 1.82 bits per heavy atom. The minimum Gasteiger partial charge on any atom is -0.507 e. The zero-order valence-corrected chi connectivity index (χ0v) is 10.8. The van der Waals surface area contributed by atoms with Crippen LogP contribution in [0.4, 0.5) is 0 Å². The number of benzene rings is 1. The van der Waals surface area contributed by atoms with Crippen molar-refractivity contribution in [3.05, 3.63) is 29.8 Å². The van der Waals surface area contributed by atoms with Crippen molar-refractivity contribution in [3.8, 4) is 5.75 Å². The second kappa shape index (κ2) is 7.68. The molecule has 17 heavy (non-hydrogen) atoms. The number of nitrogens with one attached hydrogen (secondary N) is 1. The third kappa shape index (κ3) is 7.36. The molecule has 0 fully saturated rings. The maximum absolute atomic E-state index is 10.3. The first-order valence-corrected chi connectivity index (χ1v) is 5.62. The van der Waals surface area contributed by atoms with Gasteiger partial charge < -0.3 is 15.5 Å². The Morgan fingerprint density at radius 1 is 1.12 bits per heavy atom. The molecule has 0 spiro atoms. The minimum absolute atomic E-state index is 0.0671. The van der Waals surface area contributed by atoms with E-state index in [4.69, 9.17) is 10.2 Å². The molecule has 0 saturated carbocycles. The highest BCUT2D eigenvalue weighted by atomic mass is 16.4. The number of rotatable bonds is 3. The lowest BCUT2D eigenvalue weighted by atomic mass is 10.2. The van der Waals surface area contributed by atoms with E-state index < -0.39 is 5.97 Å². The largest absolute Gasteiger partial charge is 0.507 e. The molecule has 0 radical (unpaired) electrons. The van der Waals surface area contributed by atoms with Crippen molar-refractivity contribution >= 4 is 5.97 Å². The maximum atomic E-state index is 10.3. The topological polar surface area (TPSA) is 69.6 Å². The fourth-order valence-corrected chi connectivity index (χ4v) is 1.32. The summed E-state index contributed by atoms with van der Waals surface area (Å²) >= 11 is 0. The predicted octanol–water partition coefficient (Wildman–Crippen LogP) is 2.48. The van der Waals surface area contributed by atoms with E-state index in [1.807, 2.05) is 0 Å². The van der Waals surface area contributed by atoms with E-state index in [1.54, 1.807) is 12.1 Å². The van der Waals surface area contributed by atoms with Gasteiger partial charge in [-0.15, -0.1) is 0 Å². The highest BCUT2D eigenvalue weighted by Crippen LogP contribution is 2.14. The summed E-state index contributed by atoms with van der Waals surface area (Å²) in [5.41, 5.74) is -0.0671. The predicted molar refractivity (Wildman–Crippen MR) is 68.5 cm³/mol. The van der Waals surface area contributed by atoms with Gasteiger partial charge in [0, 0.05) is 12.1 Å². The number of hydrogen-bond donors (Lipinski definition) is 3. The summed E-state index contributed by atoms with van der Waals surface area (Å²) in [6.45, 7) is 8.61. The van der Waals surface area contributed by atoms with Crippen LogP contribution in [0.1, 0.15) is 38.1 Å². The lowest BCUT2D eigenvalue weighted by molar-refractivity contribution is 0.0693. The number of hydrogen-bond acceptors (Lipinski definition) is 3. The van der Waals surface area contributed by atoms with E-state index in [0.717, 1.165) is 0 Å². The fourth-order valence-electron chi connectivity index (χ4n) is 1.32. The number of para-hydroxylation sites is 1. The van der Waals surface area contributed by atoms with E-state index in [2.05, 4.69) is 33.0 Å². The normalized spacial score (nSPS) is 10.0. The summed E-state index contributed by atoms with van der Waals surface area (Å²) in [6, 6.07) is 7.06. The highest BCUT2D eigenvalue weighted by Gasteiger charge is 2.05. The summed E-state index contributed by atoms with van der Waals surface area (Å²) in [6.07, 6.45) is 0. The third-order valence-corrected chi connectivity index (χ3v) is 1.80. The van der Waals surface area contributed by atoms with Crippen LogP contribution in [-0.2, 0) is 0 Å². The molecule has 0 aliphatic carbocycles. The molecular weight excluding hydrogens is 218 g/mol. The molecule has 4 nitrogen and oxygen atoms in total. The van der Waals surface area contributed by atoms with Crippen LogP contribution in [0.25, 0.3) is 0 Å². The smallest absolute Gasteiger partial charge is 0.339 e. The van der Waals surface area contributed by atoms with Gasteiger partial charge in [-0.25, -0.2) is 4.79 Å². The quantitative estimate of drug-likeness (QED) is 0.758. The molecule has 1 aromatic carbocycles. The summed E-state index contributed by atoms with van der Waals surface area (Å²) in [4.78, 5) is 10.3. The highest BCUT2D eigenvalue weighted by molar-refractivity contribution is 5.90. The molecule has 0 amide bonds. The third-order valence-electron chi connectivity index (χ3n) is 1.80. The second-order valence-electron chi connectivity index (χ2n) is 4.30. The van der Waals surface area contributed by atoms with Crippen molar-refractivity contribution in [2.24, 2.45) is 0 Å². The average molecular weight is 239 g/mol. The van der Waals surface area contributed by atoms with Gasteiger partial charge in [-0.2, -0.15) is 0 Å². The Hall–Kier alpha value is -1.55. The molecule has 1 rings (SSSR count). The van der Waals surface area contributed by atoms with E-state index in [0.29, 0.717) is 12.1 Å². The number of carbonyl (C=O) groups is 1. The standard InChI is InChI=1S/C7H6O3.C6H15N/c8-6-4-2-1-3-5(6)7(9)10;1-5(2)7-6(3)4/h1-4,8H,(H,9,10);5-7H,1-4H3. The average Bonchev–Trinajstić information content (AvgIpc) is 2.16. The van der Waals surface area contributed by atoms with E-state index >= 15 is 0 Å². The number of carboxylic acids is 1. The van der Waals surface area contributed by atoms with Crippen molar-refractivity contribution in [2.45, 2.75) is 39.8 Å². The zero-order valence-electron chi connectivity index (χ0n) is 10.8. The van der Waals surface area contributed by atoms with Crippen molar-refractivity contribution in [2.75, 3.05) is 0 Å². The van der Waals surface area contributed by atoms with Crippen molar-refractivity contribution in [3.63, 3.8) is 0 Å². The Morgan fingerprint density at radius 2 is 1.59 bits per heavy atom. The van der Waals surface area contributed by atoms with Gasteiger partial charge in [-0.1, -0.05) is 39.8 Å². The molecule has 4 heteroatoms. The lowest BCUT2D eigenvalue weighted by Crippen LogP contribution is -2.29. The van der Waals surface area contributed by atoms with Gasteiger partial charge >= 0.3 is 5.97 Å². The zero-order chi connectivity index (χ0) is 13.4. The molecule has 0 bridgehead atoms. The molecule has 0 aromatic heterocycles. The summed E-state index contributed by atoms with van der Waals surface area (Å²) in [7, 11) is 0. The van der Waals surface area contributed by atoms with Crippen LogP contribution in [0.15, 0.2) is 24.3 Å². The molecule has 3 N–H and O–H groups in total. The molecule has 1 aromatic rings. The SMILES string of the molecule is CC(C)NC(C)C.O=C(O)c1ccccc1O. The van der Waals surface area contributed by atoms with Crippen LogP contribution in [0.2, 0.25) is 0 Å². The van der Waals surface area contributed by atoms with Gasteiger partial charge in [0.2, 0.25) is 0 Å². The van der Waals surface area contributed by atoms with E-state index in [9.17, 15) is 4.79 Å². The summed E-state index contributed by atoms with van der Waals surface area (Å²) in [5, 5.41) is 20.6. The molecule has 0 aliphatic rings. The Bertz CT molecular complexity index is 342. The Balaban J connectivity index is 0.000000325. The van der Waals surface area contributed by atoms with Crippen molar-refractivity contribution in [1.82, 2.24) is 5.32 Å². The molecular formula is C13H21NO3. The molecule has 0 atom stereocenters. The number of carboxylic acid groups (broad SMARTS) is 1. The monoisotopic (exact) mass is 239 g/mol. The number of phenols is 1. The minimum atomic E-state index is -1.11. The van der Waals surface area contributed by atoms with Crippen molar-refractivity contribution in [1.29, 1.82) is 0 Å². The van der Waals surface area contributed by atoms with Crippen LogP contribution in [-0.4, -0.2) is 28.3 Å². The lowest BCUT2D eigenvalue weighted by Gasteiger charge is -2.10. The molecule has 0 aliphatic heterocycles. The molecule has 0 heterocycles. The Labute approximate surface area is 102 Å². The van der Waals surface area contributed by atoms with Gasteiger partial charge in [-0.3, -0.25) is 0 Å².